The average molecular weight is 297 g/mol. The first kappa shape index (κ1) is 17.3. The van der Waals surface area contributed by atoms with Gasteiger partial charge in [-0.1, -0.05) is 6.07 Å². The number of methoxy groups -OCH3 is 2. The molecule has 1 rings (SSSR count). The lowest BCUT2D eigenvalue weighted by atomic mass is 10.3. The summed E-state index contributed by atoms with van der Waals surface area (Å²) >= 11 is 0. The van der Waals surface area contributed by atoms with Crippen molar-refractivity contribution in [3.8, 4) is 11.5 Å². The minimum Gasteiger partial charge on any atom is -0.497 e. The second-order valence-corrected chi connectivity index (χ2v) is 4.42. The molecule has 6 nitrogen and oxygen atoms in total. The van der Waals surface area contributed by atoms with Gasteiger partial charge in [0.15, 0.2) is 6.61 Å². The molecule has 21 heavy (non-hydrogen) atoms. The van der Waals surface area contributed by atoms with Crippen LogP contribution in [0.25, 0.3) is 0 Å². The molecular formula is C15H23NO5. The number of ether oxygens (including phenoxy) is 3. The number of hydrogen-bond acceptors (Lipinski definition) is 5. The standard InChI is InChI=1S/C15H23NO5/c1-19-10-4-7-16(8-9-17)15(18)12-21-14-6-3-5-13(11-14)20-2/h3,5-6,11,17H,4,7-10,12H2,1-2H3. The number of aliphatic hydroxyl groups is 1. The van der Waals surface area contributed by atoms with Crippen LogP contribution in [0.15, 0.2) is 24.3 Å². The maximum Gasteiger partial charge on any atom is 0.260 e. The maximum atomic E-state index is 12.1. The molecule has 6 heteroatoms. The van der Waals surface area contributed by atoms with Gasteiger partial charge in [0.05, 0.1) is 13.7 Å². The van der Waals surface area contributed by atoms with Gasteiger partial charge in [0.2, 0.25) is 0 Å². The lowest BCUT2D eigenvalue weighted by molar-refractivity contribution is -0.134. The second kappa shape index (κ2) is 10.0. The summed E-state index contributed by atoms with van der Waals surface area (Å²) in [5.41, 5.74) is 0. The van der Waals surface area contributed by atoms with Crippen LogP contribution in [-0.4, -0.2) is 63.0 Å². The zero-order chi connectivity index (χ0) is 15.5. The first-order chi connectivity index (χ1) is 10.2. The number of carbonyl (C=O) groups is 1. The minimum atomic E-state index is -0.164. The quantitative estimate of drug-likeness (QED) is 0.651. The Morgan fingerprint density at radius 3 is 2.67 bits per heavy atom. The summed E-state index contributed by atoms with van der Waals surface area (Å²) in [7, 11) is 3.19. The van der Waals surface area contributed by atoms with E-state index in [4.69, 9.17) is 19.3 Å². The molecule has 0 aromatic heterocycles. The molecule has 1 amide bonds. The van der Waals surface area contributed by atoms with Gasteiger partial charge >= 0.3 is 0 Å². The van der Waals surface area contributed by atoms with E-state index >= 15 is 0 Å². The van der Waals surface area contributed by atoms with Crippen molar-refractivity contribution < 1.29 is 24.1 Å². The van der Waals surface area contributed by atoms with Gasteiger partial charge in [0.1, 0.15) is 11.5 Å². The van der Waals surface area contributed by atoms with Crippen molar-refractivity contribution in [2.45, 2.75) is 6.42 Å². The lowest BCUT2D eigenvalue weighted by Crippen LogP contribution is -2.38. The van der Waals surface area contributed by atoms with Crippen LogP contribution in [0.2, 0.25) is 0 Å². The van der Waals surface area contributed by atoms with E-state index in [1.54, 1.807) is 43.4 Å². The highest BCUT2D eigenvalue weighted by Crippen LogP contribution is 2.18. The Kier molecular flexibility index (Phi) is 8.23. The SMILES string of the molecule is COCCCN(CCO)C(=O)COc1cccc(OC)c1. The Hall–Kier alpha value is -1.79. The molecule has 0 aliphatic heterocycles. The van der Waals surface area contributed by atoms with Crippen molar-refractivity contribution in [3.63, 3.8) is 0 Å². The Morgan fingerprint density at radius 1 is 1.24 bits per heavy atom. The molecule has 0 aliphatic rings. The van der Waals surface area contributed by atoms with Crippen molar-refractivity contribution >= 4 is 5.91 Å². The van der Waals surface area contributed by atoms with E-state index in [1.165, 1.54) is 0 Å². The second-order valence-electron chi connectivity index (χ2n) is 4.42. The van der Waals surface area contributed by atoms with Gasteiger partial charge in [-0.15, -0.1) is 0 Å². The summed E-state index contributed by atoms with van der Waals surface area (Å²) in [6, 6.07) is 7.08. The molecule has 0 saturated carbocycles. The predicted molar refractivity (Wildman–Crippen MR) is 78.6 cm³/mol. The summed E-state index contributed by atoms with van der Waals surface area (Å²) in [4.78, 5) is 13.6. The van der Waals surface area contributed by atoms with Gasteiger partial charge in [-0.2, -0.15) is 0 Å². The molecule has 1 aromatic carbocycles. The molecule has 0 unspecified atom stereocenters. The van der Waals surface area contributed by atoms with Gasteiger partial charge in [0.25, 0.3) is 5.91 Å². The van der Waals surface area contributed by atoms with Crippen LogP contribution in [0, 0.1) is 0 Å². The molecule has 0 atom stereocenters. The summed E-state index contributed by atoms with van der Waals surface area (Å²) in [5, 5.41) is 9.01. The summed E-state index contributed by atoms with van der Waals surface area (Å²) < 4.78 is 15.5. The highest BCUT2D eigenvalue weighted by atomic mass is 16.5. The number of hydrogen-bond donors (Lipinski definition) is 1. The van der Waals surface area contributed by atoms with Gasteiger partial charge in [0, 0.05) is 32.9 Å². The lowest BCUT2D eigenvalue weighted by Gasteiger charge is -2.21. The van der Waals surface area contributed by atoms with Crippen molar-refractivity contribution in [1.29, 1.82) is 0 Å². The van der Waals surface area contributed by atoms with E-state index < -0.39 is 0 Å². The summed E-state index contributed by atoms with van der Waals surface area (Å²) in [6.07, 6.45) is 0.724. The van der Waals surface area contributed by atoms with Crippen LogP contribution in [-0.2, 0) is 9.53 Å². The van der Waals surface area contributed by atoms with Crippen molar-refractivity contribution in [2.24, 2.45) is 0 Å². The van der Waals surface area contributed by atoms with Crippen LogP contribution in [0.3, 0.4) is 0 Å². The highest BCUT2D eigenvalue weighted by molar-refractivity contribution is 5.77. The van der Waals surface area contributed by atoms with E-state index in [-0.39, 0.29) is 19.1 Å². The maximum absolute atomic E-state index is 12.1. The minimum absolute atomic E-state index is 0.0693. The molecule has 0 fully saturated rings. The molecule has 0 heterocycles. The largest absolute Gasteiger partial charge is 0.497 e. The van der Waals surface area contributed by atoms with Crippen molar-refractivity contribution in [1.82, 2.24) is 4.90 Å². The highest BCUT2D eigenvalue weighted by Gasteiger charge is 2.13. The van der Waals surface area contributed by atoms with Crippen LogP contribution in [0.4, 0.5) is 0 Å². The van der Waals surface area contributed by atoms with Gasteiger partial charge in [-0.3, -0.25) is 4.79 Å². The third kappa shape index (κ3) is 6.46. The Balaban J connectivity index is 2.47. The third-order valence-electron chi connectivity index (χ3n) is 2.90. The molecule has 118 valence electrons. The fourth-order valence-electron chi connectivity index (χ4n) is 1.81. The zero-order valence-electron chi connectivity index (χ0n) is 12.6. The van der Waals surface area contributed by atoms with Crippen LogP contribution in [0.1, 0.15) is 6.42 Å². The topological polar surface area (TPSA) is 68.2 Å². The number of amides is 1. The smallest absolute Gasteiger partial charge is 0.260 e. The van der Waals surface area contributed by atoms with E-state index in [0.717, 1.165) is 6.42 Å². The molecule has 0 aliphatic carbocycles. The fraction of sp³-hybridized carbons (Fsp3) is 0.533. The summed E-state index contributed by atoms with van der Waals surface area (Å²) in [6.45, 7) is 1.27. The number of carbonyl (C=O) groups excluding carboxylic acids is 1. The molecular weight excluding hydrogens is 274 g/mol. The fourth-order valence-corrected chi connectivity index (χ4v) is 1.81. The van der Waals surface area contributed by atoms with E-state index in [9.17, 15) is 4.79 Å². The molecule has 1 aromatic rings. The van der Waals surface area contributed by atoms with E-state index in [1.807, 2.05) is 0 Å². The molecule has 0 spiro atoms. The van der Waals surface area contributed by atoms with Gasteiger partial charge < -0.3 is 24.2 Å². The van der Waals surface area contributed by atoms with Crippen LogP contribution < -0.4 is 9.47 Å². The van der Waals surface area contributed by atoms with Crippen LogP contribution >= 0.6 is 0 Å². The monoisotopic (exact) mass is 297 g/mol. The van der Waals surface area contributed by atoms with E-state index in [0.29, 0.717) is 31.2 Å². The zero-order valence-corrected chi connectivity index (χ0v) is 12.6. The number of aliphatic hydroxyl groups excluding tert-OH is 1. The van der Waals surface area contributed by atoms with E-state index in [2.05, 4.69) is 0 Å². The Bertz CT molecular complexity index is 424. The predicted octanol–water partition coefficient (Wildman–Crippen LogP) is 0.931. The number of rotatable bonds is 10. The first-order valence-electron chi connectivity index (χ1n) is 6.85. The first-order valence-corrected chi connectivity index (χ1v) is 6.85. The molecule has 0 saturated heterocycles. The normalized spacial score (nSPS) is 10.2. The third-order valence-corrected chi connectivity index (χ3v) is 2.90. The summed E-state index contributed by atoms with van der Waals surface area (Å²) in [5.74, 6) is 1.08. The van der Waals surface area contributed by atoms with Gasteiger partial charge in [-0.05, 0) is 18.6 Å². The van der Waals surface area contributed by atoms with Gasteiger partial charge in [-0.25, -0.2) is 0 Å². The number of nitrogens with zero attached hydrogens (tertiary/aromatic N) is 1. The molecule has 0 bridgehead atoms. The number of benzene rings is 1. The van der Waals surface area contributed by atoms with Crippen molar-refractivity contribution in [3.05, 3.63) is 24.3 Å². The van der Waals surface area contributed by atoms with Crippen LogP contribution in [0.5, 0.6) is 11.5 Å². The Labute approximate surface area is 125 Å². The van der Waals surface area contributed by atoms with Crippen molar-refractivity contribution in [2.75, 3.05) is 47.1 Å². The molecule has 0 radical (unpaired) electrons. The average Bonchev–Trinajstić information content (AvgIpc) is 2.52. The Morgan fingerprint density at radius 2 is 2.00 bits per heavy atom. The molecule has 1 N–H and O–H groups in total.